The maximum Gasteiger partial charge on any atom is 0.248 e. The number of nitrogens with zero attached hydrogens (tertiary/aromatic N) is 5. The van der Waals surface area contributed by atoms with Gasteiger partial charge < -0.3 is 20.9 Å². The molecule has 1 aromatic carbocycles. The zero-order chi connectivity index (χ0) is 25.6. The highest BCUT2D eigenvalue weighted by molar-refractivity contribution is 6.00. The Hall–Kier alpha value is -3.79. The summed E-state index contributed by atoms with van der Waals surface area (Å²) in [5.41, 5.74) is 3.16. The van der Waals surface area contributed by atoms with Crippen LogP contribution in [0.3, 0.4) is 0 Å². The Kier molecular flexibility index (Phi) is 7.74. The summed E-state index contributed by atoms with van der Waals surface area (Å²) in [4.78, 5) is 23.1. The predicted molar refractivity (Wildman–Crippen MR) is 143 cm³/mol. The molecule has 1 amide bonds. The van der Waals surface area contributed by atoms with Crippen molar-refractivity contribution in [2.45, 2.75) is 51.0 Å². The highest BCUT2D eigenvalue weighted by Gasteiger charge is 2.19. The summed E-state index contributed by atoms with van der Waals surface area (Å²) >= 11 is 0. The predicted octanol–water partition coefficient (Wildman–Crippen LogP) is 5.40. The number of allylic oxidation sites excluding steroid dienone is 1. The van der Waals surface area contributed by atoms with Gasteiger partial charge in [0.1, 0.15) is 0 Å². The van der Waals surface area contributed by atoms with E-state index in [2.05, 4.69) is 43.0 Å². The van der Waals surface area contributed by atoms with Crippen molar-refractivity contribution in [1.82, 2.24) is 24.6 Å². The second kappa shape index (κ2) is 11.5. The minimum Gasteiger partial charge on any atom is -0.338 e. The van der Waals surface area contributed by atoms with Gasteiger partial charge in [0.25, 0.3) is 0 Å². The molecule has 9 nitrogen and oxygen atoms in total. The first-order chi connectivity index (χ1) is 18.0. The Morgan fingerprint density at radius 1 is 1.05 bits per heavy atom. The molecule has 10 heteroatoms. The molecule has 0 bridgehead atoms. The van der Waals surface area contributed by atoms with Gasteiger partial charge in [0.15, 0.2) is 11.6 Å². The zero-order valence-corrected chi connectivity index (χ0v) is 21.1. The Labute approximate surface area is 216 Å². The maximum absolute atomic E-state index is 14.5. The van der Waals surface area contributed by atoms with E-state index in [4.69, 9.17) is 0 Å². The largest absolute Gasteiger partial charge is 0.338 e. The number of amides is 1. The average Bonchev–Trinajstić information content (AvgIpc) is 3.36. The normalized spacial score (nSPS) is 16.9. The SMILES string of the molecule is CN1CCC(n2cc(Nc3ncc(F)c(Nc4cccc(NC(=O)C=C5CCCCC5)c4)n3)cn2)CC1. The second-order valence-corrected chi connectivity index (χ2v) is 9.82. The van der Waals surface area contributed by atoms with Crippen molar-refractivity contribution in [1.29, 1.82) is 0 Å². The highest BCUT2D eigenvalue weighted by Crippen LogP contribution is 2.26. The molecule has 1 aliphatic heterocycles. The Bertz CT molecular complexity index is 1260. The van der Waals surface area contributed by atoms with Crippen LogP contribution in [0.15, 0.2) is 54.5 Å². The third-order valence-electron chi connectivity index (χ3n) is 6.89. The van der Waals surface area contributed by atoms with Crippen molar-refractivity contribution in [3.63, 3.8) is 0 Å². The Morgan fingerprint density at radius 2 is 1.84 bits per heavy atom. The first kappa shape index (κ1) is 24.9. The number of carbonyl (C=O) groups excluding carboxylic acids is 1. The lowest BCUT2D eigenvalue weighted by atomic mass is 9.94. The molecule has 194 valence electrons. The number of rotatable bonds is 7. The first-order valence-corrected chi connectivity index (χ1v) is 12.9. The molecule has 0 radical (unpaired) electrons. The number of hydrogen-bond donors (Lipinski definition) is 3. The van der Waals surface area contributed by atoms with Gasteiger partial charge in [-0.1, -0.05) is 18.1 Å². The van der Waals surface area contributed by atoms with E-state index in [0.717, 1.165) is 63.5 Å². The molecule has 1 aliphatic carbocycles. The Morgan fingerprint density at radius 3 is 2.65 bits per heavy atom. The van der Waals surface area contributed by atoms with Crippen molar-refractivity contribution in [2.75, 3.05) is 36.1 Å². The fourth-order valence-electron chi connectivity index (χ4n) is 4.83. The van der Waals surface area contributed by atoms with Crippen molar-refractivity contribution in [3.05, 3.63) is 60.3 Å². The summed E-state index contributed by atoms with van der Waals surface area (Å²) in [6.07, 6.45) is 14.1. The quantitative estimate of drug-likeness (QED) is 0.371. The number of aromatic nitrogens is 4. The molecule has 2 fully saturated rings. The van der Waals surface area contributed by atoms with Crippen LogP contribution < -0.4 is 16.0 Å². The minimum absolute atomic E-state index is 0.0352. The van der Waals surface area contributed by atoms with E-state index in [1.165, 1.54) is 12.0 Å². The summed E-state index contributed by atoms with van der Waals surface area (Å²) < 4.78 is 16.5. The van der Waals surface area contributed by atoms with Gasteiger partial charge >= 0.3 is 0 Å². The monoisotopic (exact) mass is 504 g/mol. The fourth-order valence-corrected chi connectivity index (χ4v) is 4.83. The molecule has 3 heterocycles. The molecular weight excluding hydrogens is 471 g/mol. The van der Waals surface area contributed by atoms with Crippen LogP contribution in [0.5, 0.6) is 0 Å². The van der Waals surface area contributed by atoms with E-state index in [0.29, 0.717) is 17.4 Å². The molecule has 1 saturated heterocycles. The molecule has 5 rings (SSSR count). The van der Waals surface area contributed by atoms with Crippen molar-refractivity contribution in [2.24, 2.45) is 0 Å². The number of halogens is 1. The van der Waals surface area contributed by atoms with Gasteiger partial charge in [-0.15, -0.1) is 0 Å². The van der Waals surface area contributed by atoms with Crippen molar-refractivity contribution in [3.8, 4) is 0 Å². The number of benzene rings is 1. The molecule has 37 heavy (non-hydrogen) atoms. The first-order valence-electron chi connectivity index (χ1n) is 12.9. The van der Waals surface area contributed by atoms with Crippen LogP contribution in [-0.4, -0.2) is 50.7 Å². The lowest BCUT2D eigenvalue weighted by Crippen LogP contribution is -2.31. The molecule has 0 unspecified atom stereocenters. The molecule has 2 aromatic heterocycles. The smallest absolute Gasteiger partial charge is 0.248 e. The van der Waals surface area contributed by atoms with Crippen LogP contribution in [0.1, 0.15) is 51.0 Å². The van der Waals surface area contributed by atoms with E-state index < -0.39 is 5.82 Å². The summed E-state index contributed by atoms with van der Waals surface area (Å²) in [5, 5.41) is 13.5. The molecule has 0 atom stereocenters. The fraction of sp³-hybridized carbons (Fsp3) is 0.407. The number of carbonyl (C=O) groups is 1. The van der Waals surface area contributed by atoms with E-state index in [1.807, 2.05) is 10.9 Å². The van der Waals surface area contributed by atoms with Gasteiger partial charge in [-0.05, 0) is 76.9 Å². The third-order valence-corrected chi connectivity index (χ3v) is 6.89. The van der Waals surface area contributed by atoms with Crippen LogP contribution in [0.2, 0.25) is 0 Å². The van der Waals surface area contributed by atoms with Crippen LogP contribution in [0.4, 0.5) is 33.2 Å². The molecule has 2 aliphatic rings. The standard InChI is InChI=1S/C27H33FN8O/c1-35-12-10-23(11-13-35)36-18-22(16-30-36)33-27-29-17-24(28)26(34-27)32-21-9-5-8-20(15-21)31-25(37)14-19-6-3-2-4-7-19/h5,8-9,14-18,23H,2-4,6-7,10-13H2,1H3,(H,31,37)(H2,29,32,33,34). The summed E-state index contributed by atoms with van der Waals surface area (Å²) in [6.45, 7) is 2.10. The highest BCUT2D eigenvalue weighted by atomic mass is 19.1. The number of nitrogens with one attached hydrogen (secondary N) is 3. The summed E-state index contributed by atoms with van der Waals surface area (Å²) in [6, 6.07) is 7.49. The zero-order valence-electron chi connectivity index (χ0n) is 21.1. The second-order valence-electron chi connectivity index (χ2n) is 9.82. The van der Waals surface area contributed by atoms with Crippen LogP contribution in [0.25, 0.3) is 0 Å². The molecule has 1 saturated carbocycles. The van der Waals surface area contributed by atoms with Crippen molar-refractivity contribution >= 4 is 34.7 Å². The van der Waals surface area contributed by atoms with E-state index in [1.54, 1.807) is 36.5 Å². The van der Waals surface area contributed by atoms with Crippen LogP contribution in [0, 0.1) is 5.82 Å². The van der Waals surface area contributed by atoms with Crippen LogP contribution in [-0.2, 0) is 4.79 Å². The van der Waals surface area contributed by atoms with Gasteiger partial charge in [-0.2, -0.15) is 10.1 Å². The number of piperidine rings is 1. The number of hydrogen-bond acceptors (Lipinski definition) is 7. The van der Waals surface area contributed by atoms with Gasteiger partial charge in [0, 0.05) is 23.6 Å². The lowest BCUT2D eigenvalue weighted by Gasteiger charge is -2.28. The van der Waals surface area contributed by atoms with Gasteiger partial charge in [-0.3, -0.25) is 9.48 Å². The molecule has 3 aromatic rings. The summed E-state index contributed by atoms with van der Waals surface area (Å²) in [5.74, 6) is -0.429. The maximum atomic E-state index is 14.5. The summed E-state index contributed by atoms with van der Waals surface area (Å²) in [7, 11) is 2.13. The van der Waals surface area contributed by atoms with Gasteiger partial charge in [0.05, 0.1) is 24.1 Å². The number of likely N-dealkylation sites (tertiary alicyclic amines) is 1. The Balaban J connectivity index is 1.23. The minimum atomic E-state index is -0.580. The third kappa shape index (κ3) is 6.71. The van der Waals surface area contributed by atoms with E-state index in [-0.39, 0.29) is 17.7 Å². The topological polar surface area (TPSA) is 100 Å². The number of anilines is 5. The molecular formula is C27H33FN8O. The van der Waals surface area contributed by atoms with Crippen molar-refractivity contribution < 1.29 is 9.18 Å². The van der Waals surface area contributed by atoms with Gasteiger partial charge in [0.2, 0.25) is 11.9 Å². The van der Waals surface area contributed by atoms with E-state index >= 15 is 0 Å². The average molecular weight is 505 g/mol. The molecule has 0 spiro atoms. The van der Waals surface area contributed by atoms with Crippen LogP contribution >= 0.6 is 0 Å². The molecule has 3 N–H and O–H groups in total. The lowest BCUT2D eigenvalue weighted by molar-refractivity contribution is -0.112. The van der Waals surface area contributed by atoms with Gasteiger partial charge in [-0.25, -0.2) is 9.37 Å². The van der Waals surface area contributed by atoms with E-state index in [9.17, 15) is 9.18 Å².